The second-order valence-electron chi connectivity index (χ2n) is 6.25. The van der Waals surface area contributed by atoms with Crippen molar-refractivity contribution in [2.45, 2.75) is 32.5 Å². The molecule has 2 aromatic rings. The maximum atomic E-state index is 12.2. The van der Waals surface area contributed by atoms with Gasteiger partial charge in [-0.3, -0.25) is 0 Å². The van der Waals surface area contributed by atoms with Crippen LogP contribution in [0.4, 0.5) is 5.82 Å². The standard InChI is InChI=1S/C17H21N3O4S/c1-3-22-16(21)13-11(2)12-14(18-10-19-15(12)25-13)20-6-4-17(5-7-20)23-8-9-24-17/h10H,3-9H2,1-2H3. The van der Waals surface area contributed by atoms with Crippen LogP contribution in [0.15, 0.2) is 6.33 Å². The lowest BCUT2D eigenvalue weighted by Gasteiger charge is -2.38. The van der Waals surface area contributed by atoms with Gasteiger partial charge in [0.25, 0.3) is 0 Å². The third-order valence-corrected chi connectivity index (χ3v) is 5.99. The third kappa shape index (κ3) is 2.88. The smallest absolute Gasteiger partial charge is 0.348 e. The minimum Gasteiger partial charge on any atom is -0.462 e. The van der Waals surface area contributed by atoms with Crippen molar-refractivity contribution in [3.8, 4) is 0 Å². The van der Waals surface area contributed by atoms with Crippen LogP contribution < -0.4 is 4.90 Å². The molecule has 4 rings (SSSR count). The summed E-state index contributed by atoms with van der Waals surface area (Å²) in [6.07, 6.45) is 3.19. The van der Waals surface area contributed by atoms with Gasteiger partial charge in [0.05, 0.1) is 25.2 Å². The van der Waals surface area contributed by atoms with Crippen LogP contribution in [-0.4, -0.2) is 54.6 Å². The van der Waals surface area contributed by atoms with E-state index in [0.717, 1.165) is 47.5 Å². The zero-order valence-corrected chi connectivity index (χ0v) is 15.2. The molecule has 0 N–H and O–H groups in total. The fourth-order valence-electron chi connectivity index (χ4n) is 3.53. The van der Waals surface area contributed by atoms with E-state index in [1.165, 1.54) is 11.3 Å². The van der Waals surface area contributed by atoms with E-state index < -0.39 is 5.79 Å². The fraction of sp³-hybridized carbons (Fsp3) is 0.588. The summed E-state index contributed by atoms with van der Waals surface area (Å²) >= 11 is 1.37. The number of ether oxygens (including phenoxy) is 3. The lowest BCUT2D eigenvalue weighted by atomic mass is 10.0. The summed E-state index contributed by atoms with van der Waals surface area (Å²) in [4.78, 5) is 24.7. The number of carbonyl (C=O) groups is 1. The first-order valence-corrected chi connectivity index (χ1v) is 9.39. The number of aromatic nitrogens is 2. The number of aryl methyl sites for hydroxylation is 1. The van der Waals surface area contributed by atoms with Gasteiger partial charge in [0.1, 0.15) is 21.9 Å². The highest BCUT2D eigenvalue weighted by molar-refractivity contribution is 7.20. The molecule has 134 valence electrons. The zero-order valence-electron chi connectivity index (χ0n) is 14.4. The average Bonchev–Trinajstić information content (AvgIpc) is 3.21. The summed E-state index contributed by atoms with van der Waals surface area (Å²) in [6, 6.07) is 0. The molecule has 2 saturated heterocycles. The molecule has 0 aliphatic carbocycles. The van der Waals surface area contributed by atoms with Crippen molar-refractivity contribution in [2.75, 3.05) is 37.8 Å². The highest BCUT2D eigenvalue weighted by atomic mass is 32.1. The number of hydrogen-bond donors (Lipinski definition) is 0. The van der Waals surface area contributed by atoms with E-state index in [1.807, 2.05) is 13.8 Å². The van der Waals surface area contributed by atoms with Crippen LogP contribution in [0.3, 0.4) is 0 Å². The number of anilines is 1. The molecule has 0 saturated carbocycles. The predicted molar refractivity (Wildman–Crippen MR) is 94.2 cm³/mol. The van der Waals surface area contributed by atoms with Crippen LogP contribution in [0.1, 0.15) is 35.0 Å². The molecule has 0 unspecified atom stereocenters. The van der Waals surface area contributed by atoms with Crippen molar-refractivity contribution in [1.29, 1.82) is 0 Å². The third-order valence-electron chi connectivity index (χ3n) is 4.81. The van der Waals surface area contributed by atoms with Gasteiger partial charge in [-0.25, -0.2) is 14.8 Å². The quantitative estimate of drug-likeness (QED) is 0.776. The number of fused-ring (bicyclic) bond motifs is 1. The van der Waals surface area contributed by atoms with Crippen LogP contribution in [0.5, 0.6) is 0 Å². The van der Waals surface area contributed by atoms with Crippen LogP contribution in [0.25, 0.3) is 10.2 Å². The van der Waals surface area contributed by atoms with Crippen molar-refractivity contribution in [2.24, 2.45) is 0 Å². The van der Waals surface area contributed by atoms with Crippen molar-refractivity contribution in [3.63, 3.8) is 0 Å². The molecular weight excluding hydrogens is 342 g/mol. The molecule has 0 aromatic carbocycles. The van der Waals surface area contributed by atoms with E-state index in [1.54, 1.807) is 6.33 Å². The van der Waals surface area contributed by atoms with E-state index in [-0.39, 0.29) is 5.97 Å². The predicted octanol–water partition coefficient (Wildman–Crippen LogP) is 2.52. The molecule has 1 spiro atoms. The molecule has 4 heterocycles. The van der Waals surface area contributed by atoms with Crippen molar-refractivity contribution < 1.29 is 19.0 Å². The minimum absolute atomic E-state index is 0.292. The first kappa shape index (κ1) is 16.7. The topological polar surface area (TPSA) is 73.8 Å². The fourth-order valence-corrected chi connectivity index (χ4v) is 4.57. The van der Waals surface area contributed by atoms with E-state index in [9.17, 15) is 4.79 Å². The van der Waals surface area contributed by atoms with Crippen LogP contribution in [0.2, 0.25) is 0 Å². The Kier molecular flexibility index (Phi) is 4.35. The summed E-state index contributed by atoms with van der Waals surface area (Å²) in [6.45, 7) is 7.05. The molecule has 0 atom stereocenters. The molecule has 2 aliphatic rings. The zero-order chi connectivity index (χ0) is 17.4. The van der Waals surface area contributed by atoms with Gasteiger partial charge in [-0.2, -0.15) is 0 Å². The molecule has 0 radical (unpaired) electrons. The second-order valence-corrected chi connectivity index (χ2v) is 7.25. The minimum atomic E-state index is -0.414. The summed E-state index contributed by atoms with van der Waals surface area (Å²) in [5.74, 6) is 0.170. The van der Waals surface area contributed by atoms with Gasteiger partial charge in [-0.15, -0.1) is 11.3 Å². The first-order valence-electron chi connectivity index (χ1n) is 8.57. The van der Waals surface area contributed by atoms with Crippen LogP contribution in [0, 0.1) is 6.92 Å². The second kappa shape index (κ2) is 6.51. The normalized spacial score (nSPS) is 19.7. The lowest BCUT2D eigenvalue weighted by Crippen LogP contribution is -2.45. The van der Waals surface area contributed by atoms with Gasteiger partial charge in [-0.1, -0.05) is 0 Å². The van der Waals surface area contributed by atoms with E-state index in [0.29, 0.717) is 24.7 Å². The molecule has 8 heteroatoms. The Hall–Kier alpha value is -1.77. The number of thiophene rings is 1. The molecule has 0 amide bonds. The number of carbonyl (C=O) groups excluding carboxylic acids is 1. The molecule has 2 fully saturated rings. The summed E-state index contributed by atoms with van der Waals surface area (Å²) in [7, 11) is 0. The van der Waals surface area contributed by atoms with Crippen LogP contribution >= 0.6 is 11.3 Å². The first-order chi connectivity index (χ1) is 12.1. The Morgan fingerprint density at radius 2 is 2.04 bits per heavy atom. The number of nitrogens with zero attached hydrogens (tertiary/aromatic N) is 3. The van der Waals surface area contributed by atoms with E-state index in [2.05, 4.69) is 14.9 Å². The van der Waals surface area contributed by atoms with Gasteiger partial charge in [0, 0.05) is 25.9 Å². The lowest BCUT2D eigenvalue weighted by molar-refractivity contribution is -0.169. The van der Waals surface area contributed by atoms with Crippen molar-refractivity contribution in [1.82, 2.24) is 9.97 Å². The Bertz CT molecular complexity index is 791. The highest BCUT2D eigenvalue weighted by Gasteiger charge is 2.40. The molecule has 2 aromatic heterocycles. The highest BCUT2D eigenvalue weighted by Crippen LogP contribution is 2.38. The van der Waals surface area contributed by atoms with Gasteiger partial charge in [-0.05, 0) is 19.4 Å². The molecule has 25 heavy (non-hydrogen) atoms. The van der Waals surface area contributed by atoms with Gasteiger partial charge in [0.2, 0.25) is 0 Å². The Morgan fingerprint density at radius 3 is 2.72 bits per heavy atom. The molecular formula is C17H21N3O4S. The van der Waals surface area contributed by atoms with Crippen LogP contribution in [-0.2, 0) is 14.2 Å². The SMILES string of the molecule is CCOC(=O)c1sc2ncnc(N3CCC4(CC3)OCCO4)c2c1C. The maximum Gasteiger partial charge on any atom is 0.348 e. The monoisotopic (exact) mass is 363 g/mol. The molecule has 0 bridgehead atoms. The Balaban J connectivity index is 1.65. The summed E-state index contributed by atoms with van der Waals surface area (Å²) < 4.78 is 16.8. The van der Waals surface area contributed by atoms with Gasteiger partial charge in [0.15, 0.2) is 5.79 Å². The Morgan fingerprint density at radius 1 is 1.32 bits per heavy atom. The Labute approximate surface area is 149 Å². The number of piperidine rings is 1. The van der Waals surface area contributed by atoms with Gasteiger partial charge < -0.3 is 19.1 Å². The average molecular weight is 363 g/mol. The number of rotatable bonds is 3. The molecule has 2 aliphatic heterocycles. The molecule has 7 nitrogen and oxygen atoms in total. The number of hydrogen-bond acceptors (Lipinski definition) is 8. The summed E-state index contributed by atoms with van der Waals surface area (Å²) in [5, 5.41) is 0.944. The van der Waals surface area contributed by atoms with E-state index >= 15 is 0 Å². The largest absolute Gasteiger partial charge is 0.462 e. The maximum absolute atomic E-state index is 12.2. The van der Waals surface area contributed by atoms with Gasteiger partial charge >= 0.3 is 5.97 Å². The number of esters is 1. The summed E-state index contributed by atoms with van der Waals surface area (Å²) in [5.41, 5.74) is 0.891. The van der Waals surface area contributed by atoms with E-state index in [4.69, 9.17) is 14.2 Å². The van der Waals surface area contributed by atoms with Crippen molar-refractivity contribution >= 4 is 33.3 Å². The van der Waals surface area contributed by atoms with Crippen molar-refractivity contribution in [3.05, 3.63) is 16.8 Å².